The number of pyridine rings is 1. The molecular formula is C23H18N2O4S. The maximum atomic E-state index is 13.1. The summed E-state index contributed by atoms with van der Waals surface area (Å²) in [6.45, 7) is 0.339. The molecule has 150 valence electrons. The molecule has 0 bridgehead atoms. The number of methoxy groups -OCH3 is 1. The number of nitrogens with zero attached hydrogens (tertiary/aromatic N) is 2. The van der Waals surface area contributed by atoms with Crippen LogP contribution in [0.3, 0.4) is 0 Å². The van der Waals surface area contributed by atoms with Gasteiger partial charge in [0.1, 0.15) is 18.0 Å². The zero-order valence-electron chi connectivity index (χ0n) is 16.3. The molecule has 5 rings (SSSR count). The summed E-state index contributed by atoms with van der Waals surface area (Å²) in [5.41, 5.74) is 1.63. The van der Waals surface area contributed by atoms with Gasteiger partial charge in [0.15, 0.2) is 11.5 Å². The Morgan fingerprint density at radius 2 is 2.10 bits per heavy atom. The van der Waals surface area contributed by atoms with Crippen molar-refractivity contribution in [2.75, 3.05) is 13.7 Å². The SMILES string of the molecule is COc1cc(-n2ccc3oc(-c4ccsc4)cc3c2=O)ccc1OCC1(C#N)CC1. The Labute approximate surface area is 176 Å². The fraction of sp³-hybridized carbons (Fsp3) is 0.217. The summed E-state index contributed by atoms with van der Waals surface area (Å²) in [6.07, 6.45) is 3.41. The summed E-state index contributed by atoms with van der Waals surface area (Å²) in [6, 6.07) is 13.2. The number of ether oxygens (including phenoxy) is 2. The first kappa shape index (κ1) is 18.5. The highest BCUT2D eigenvalue weighted by Crippen LogP contribution is 2.45. The van der Waals surface area contributed by atoms with E-state index in [1.54, 1.807) is 59.5 Å². The summed E-state index contributed by atoms with van der Waals surface area (Å²) in [7, 11) is 1.55. The first-order chi connectivity index (χ1) is 14.6. The number of thiophene rings is 1. The minimum absolute atomic E-state index is 0.171. The van der Waals surface area contributed by atoms with Gasteiger partial charge in [-0.3, -0.25) is 9.36 Å². The van der Waals surface area contributed by atoms with Crippen LogP contribution in [0.1, 0.15) is 12.8 Å². The van der Waals surface area contributed by atoms with Gasteiger partial charge in [0, 0.05) is 23.2 Å². The molecule has 3 heterocycles. The quantitative estimate of drug-likeness (QED) is 0.440. The molecule has 7 heteroatoms. The van der Waals surface area contributed by atoms with Crippen LogP contribution in [0.5, 0.6) is 11.5 Å². The van der Waals surface area contributed by atoms with E-state index in [2.05, 4.69) is 6.07 Å². The van der Waals surface area contributed by atoms with Crippen molar-refractivity contribution < 1.29 is 13.9 Å². The lowest BCUT2D eigenvalue weighted by Crippen LogP contribution is -2.17. The Hall–Kier alpha value is -3.50. The predicted octanol–water partition coefficient (Wildman–Crippen LogP) is 5.00. The molecule has 1 saturated carbocycles. The standard InChI is InChI=1S/C23H18N2O4S/c1-27-21-10-16(2-3-19(21)28-14-23(13-24)6-7-23)25-8-4-18-17(22(25)26)11-20(29-18)15-5-9-30-12-15/h2-5,8-12H,6-7,14H2,1H3. The molecule has 30 heavy (non-hydrogen) atoms. The van der Waals surface area contributed by atoms with Gasteiger partial charge in [0.2, 0.25) is 0 Å². The van der Waals surface area contributed by atoms with Gasteiger partial charge < -0.3 is 13.9 Å². The lowest BCUT2D eigenvalue weighted by atomic mass is 10.1. The Morgan fingerprint density at radius 3 is 2.80 bits per heavy atom. The number of fused-ring (bicyclic) bond motifs is 1. The largest absolute Gasteiger partial charge is 0.493 e. The number of nitriles is 1. The van der Waals surface area contributed by atoms with E-state index in [1.807, 2.05) is 16.8 Å². The van der Waals surface area contributed by atoms with Gasteiger partial charge in [0.25, 0.3) is 5.56 Å². The second-order valence-electron chi connectivity index (χ2n) is 7.41. The van der Waals surface area contributed by atoms with E-state index in [0.717, 1.165) is 18.4 Å². The Kier molecular flexibility index (Phi) is 4.37. The first-order valence-corrected chi connectivity index (χ1v) is 10.5. The topological polar surface area (TPSA) is 77.4 Å². The Morgan fingerprint density at radius 1 is 1.23 bits per heavy atom. The van der Waals surface area contributed by atoms with E-state index in [9.17, 15) is 10.1 Å². The van der Waals surface area contributed by atoms with Crippen LogP contribution < -0.4 is 15.0 Å². The fourth-order valence-corrected chi connectivity index (χ4v) is 4.01. The predicted molar refractivity (Wildman–Crippen MR) is 114 cm³/mol. The molecule has 0 spiro atoms. The maximum absolute atomic E-state index is 13.1. The zero-order valence-corrected chi connectivity index (χ0v) is 17.1. The van der Waals surface area contributed by atoms with Crippen molar-refractivity contribution in [2.45, 2.75) is 12.8 Å². The van der Waals surface area contributed by atoms with Gasteiger partial charge in [-0.2, -0.15) is 16.6 Å². The molecule has 0 N–H and O–H groups in total. The Balaban J connectivity index is 1.49. The van der Waals surface area contributed by atoms with Gasteiger partial charge in [0.05, 0.1) is 29.7 Å². The fourth-order valence-electron chi connectivity index (χ4n) is 3.37. The van der Waals surface area contributed by atoms with Gasteiger partial charge in [-0.05, 0) is 48.6 Å². The lowest BCUT2D eigenvalue weighted by Gasteiger charge is -2.14. The smallest absolute Gasteiger partial charge is 0.266 e. The second-order valence-corrected chi connectivity index (χ2v) is 8.19. The van der Waals surface area contributed by atoms with Crippen LogP contribution in [0.2, 0.25) is 0 Å². The summed E-state index contributed by atoms with van der Waals surface area (Å²) < 4.78 is 18.7. The van der Waals surface area contributed by atoms with Crippen molar-refractivity contribution in [1.29, 1.82) is 5.26 Å². The van der Waals surface area contributed by atoms with E-state index in [1.165, 1.54) is 0 Å². The summed E-state index contributed by atoms with van der Waals surface area (Å²) >= 11 is 1.58. The van der Waals surface area contributed by atoms with Gasteiger partial charge >= 0.3 is 0 Å². The third-order valence-corrected chi connectivity index (χ3v) is 6.09. The first-order valence-electron chi connectivity index (χ1n) is 9.53. The van der Waals surface area contributed by atoms with Crippen LogP contribution in [0.15, 0.2) is 62.6 Å². The summed E-state index contributed by atoms with van der Waals surface area (Å²) in [5.74, 6) is 1.74. The lowest BCUT2D eigenvalue weighted by molar-refractivity contribution is 0.255. The monoisotopic (exact) mass is 418 g/mol. The average Bonchev–Trinajstić information content (AvgIpc) is 3.16. The van der Waals surface area contributed by atoms with Crippen LogP contribution in [0.25, 0.3) is 28.0 Å². The average molecular weight is 418 g/mol. The van der Waals surface area contributed by atoms with E-state index in [-0.39, 0.29) is 11.0 Å². The van der Waals surface area contributed by atoms with E-state index >= 15 is 0 Å². The van der Waals surface area contributed by atoms with Crippen molar-refractivity contribution >= 4 is 22.3 Å². The molecule has 0 radical (unpaired) electrons. The molecule has 0 saturated heterocycles. The summed E-state index contributed by atoms with van der Waals surface area (Å²) in [4.78, 5) is 13.1. The zero-order chi connectivity index (χ0) is 20.7. The van der Waals surface area contributed by atoms with E-state index in [0.29, 0.717) is 40.5 Å². The molecule has 6 nitrogen and oxygen atoms in total. The molecule has 0 atom stereocenters. The number of benzene rings is 1. The van der Waals surface area contributed by atoms with Crippen LogP contribution in [0, 0.1) is 16.7 Å². The van der Waals surface area contributed by atoms with Crippen molar-refractivity contribution in [1.82, 2.24) is 4.57 Å². The number of rotatable bonds is 6. The van der Waals surface area contributed by atoms with Crippen LogP contribution >= 0.6 is 11.3 Å². The summed E-state index contributed by atoms with van der Waals surface area (Å²) in [5, 5.41) is 13.7. The number of aromatic nitrogens is 1. The van der Waals surface area contributed by atoms with Crippen LogP contribution in [-0.2, 0) is 0 Å². The highest BCUT2D eigenvalue weighted by atomic mass is 32.1. The minimum atomic E-state index is -0.368. The minimum Gasteiger partial charge on any atom is -0.493 e. The molecule has 0 aliphatic heterocycles. The highest BCUT2D eigenvalue weighted by Gasteiger charge is 2.44. The van der Waals surface area contributed by atoms with Crippen molar-refractivity contribution in [3.05, 3.63) is 63.7 Å². The molecular weight excluding hydrogens is 400 g/mol. The molecule has 1 fully saturated rings. The van der Waals surface area contributed by atoms with E-state index < -0.39 is 0 Å². The normalized spacial score (nSPS) is 14.4. The number of furan rings is 1. The molecule has 1 aliphatic carbocycles. The third-order valence-electron chi connectivity index (χ3n) is 5.41. The second kappa shape index (κ2) is 7.08. The third kappa shape index (κ3) is 3.15. The van der Waals surface area contributed by atoms with E-state index in [4.69, 9.17) is 13.9 Å². The van der Waals surface area contributed by atoms with Crippen molar-refractivity contribution in [2.24, 2.45) is 5.41 Å². The molecule has 0 unspecified atom stereocenters. The van der Waals surface area contributed by atoms with Gasteiger partial charge in [-0.15, -0.1) is 0 Å². The maximum Gasteiger partial charge on any atom is 0.266 e. The molecule has 1 aromatic carbocycles. The Bertz CT molecular complexity index is 1320. The van der Waals surface area contributed by atoms with Crippen LogP contribution in [0.4, 0.5) is 0 Å². The number of hydrogen-bond donors (Lipinski definition) is 0. The van der Waals surface area contributed by atoms with Crippen molar-refractivity contribution in [3.63, 3.8) is 0 Å². The highest BCUT2D eigenvalue weighted by molar-refractivity contribution is 7.08. The van der Waals surface area contributed by atoms with Gasteiger partial charge in [-0.1, -0.05) is 0 Å². The van der Waals surface area contributed by atoms with Crippen molar-refractivity contribution in [3.8, 4) is 34.6 Å². The molecule has 3 aromatic heterocycles. The number of hydrogen-bond acceptors (Lipinski definition) is 6. The molecule has 0 amide bonds. The van der Waals surface area contributed by atoms with Gasteiger partial charge in [-0.25, -0.2) is 0 Å². The molecule has 1 aliphatic rings. The van der Waals surface area contributed by atoms with Crippen LogP contribution in [-0.4, -0.2) is 18.3 Å². The molecule has 4 aromatic rings.